The van der Waals surface area contributed by atoms with Gasteiger partial charge < -0.3 is 69.8 Å². The van der Waals surface area contributed by atoms with Gasteiger partial charge in [0.2, 0.25) is 24.1 Å². The Kier molecular flexibility index (Phi) is 30.3. The summed E-state index contributed by atoms with van der Waals surface area (Å²) in [5, 5.41) is 15.3. The lowest BCUT2D eigenvalue weighted by atomic mass is 10.0. The average Bonchev–Trinajstić information content (AvgIpc) is 2.18. The monoisotopic (exact) mass is 1200 g/mol. The third-order valence-corrected chi connectivity index (χ3v) is 15.2. The number of hydrazone groups is 1. The smallest absolute Gasteiger partial charge is 0.247 e. The topological polar surface area (TPSA) is 236 Å². The van der Waals surface area contributed by atoms with E-state index in [0.29, 0.717) is 115 Å². The van der Waals surface area contributed by atoms with E-state index in [-0.39, 0.29) is 23.8 Å². The Labute approximate surface area is 511 Å². The first kappa shape index (κ1) is 67.7. The van der Waals surface area contributed by atoms with Crippen LogP contribution >= 0.6 is 11.3 Å². The number of aromatic nitrogens is 1. The molecule has 21 nitrogen and oxygen atoms in total. The highest BCUT2D eigenvalue weighted by Gasteiger charge is 2.41. The first-order valence-corrected chi connectivity index (χ1v) is 30.5. The van der Waals surface area contributed by atoms with Crippen LogP contribution in [0.15, 0.2) is 113 Å². The number of anilines is 2. The zero-order chi connectivity index (χ0) is 61.1. The molecule has 0 spiro atoms. The Morgan fingerprint density at radius 3 is 2.09 bits per heavy atom. The van der Waals surface area contributed by atoms with Crippen molar-refractivity contribution in [2.45, 2.75) is 76.9 Å². The van der Waals surface area contributed by atoms with Gasteiger partial charge in [0.25, 0.3) is 0 Å². The minimum Gasteiger partial charge on any atom is -0.497 e. The summed E-state index contributed by atoms with van der Waals surface area (Å²) >= 11 is 1.54. The number of thiazole rings is 1. The molecule has 2 aliphatic rings. The van der Waals surface area contributed by atoms with Crippen molar-refractivity contribution in [3.05, 3.63) is 130 Å². The van der Waals surface area contributed by atoms with Crippen molar-refractivity contribution in [3.8, 4) is 17.2 Å². The van der Waals surface area contributed by atoms with Crippen molar-refractivity contribution < 1.29 is 47.6 Å². The number of aryl methyl sites for hydroxylation is 2. The van der Waals surface area contributed by atoms with Crippen LogP contribution in [0, 0.1) is 6.92 Å². The van der Waals surface area contributed by atoms with Crippen molar-refractivity contribution in [2.24, 2.45) is 15.9 Å². The van der Waals surface area contributed by atoms with Gasteiger partial charge in [0.15, 0.2) is 5.13 Å². The number of carbonyl (C=O) groups is 4. The number of unbranched alkanes of at least 4 members (excludes halogenated alkanes) is 1. The SMILES string of the molecule is CNc1nc(CC(=O)N2CCN(C)CC2)cs1.COc1ccc(CNC(=O)C(c2ccc(C)cc2)N(C(=O)CCc2ccc(OCCCCN(C)CCOCCOCC/C(C=NCCOCCOc3ccc(NC=O)cc3)=N/N)cc2)C2CC2)cc1. The number of amides is 4. The fraction of sp³-hybridized carbons (Fsp3) is 0.484. The number of ether oxygens (including phenoxy) is 6. The zero-order valence-corrected chi connectivity index (χ0v) is 51.6. The highest BCUT2D eigenvalue weighted by atomic mass is 32.1. The molecule has 86 heavy (non-hydrogen) atoms. The quantitative estimate of drug-likeness (QED) is 0.0102. The summed E-state index contributed by atoms with van der Waals surface area (Å²) in [6.07, 6.45) is 7.81. The van der Waals surface area contributed by atoms with Crippen LogP contribution in [0.1, 0.15) is 72.5 Å². The number of hydrogen-bond donors (Lipinski definition) is 4. The molecule has 1 saturated heterocycles. The molecule has 1 aliphatic heterocycles. The predicted octanol–water partition coefficient (Wildman–Crippen LogP) is 7.05. The van der Waals surface area contributed by atoms with E-state index in [2.05, 4.69) is 54.9 Å². The molecule has 5 aromatic rings. The fourth-order valence-corrected chi connectivity index (χ4v) is 9.75. The van der Waals surface area contributed by atoms with E-state index in [1.807, 2.05) is 102 Å². The molecule has 2 fully saturated rings. The molecule has 1 unspecified atom stereocenters. The third kappa shape index (κ3) is 25.2. The van der Waals surface area contributed by atoms with Gasteiger partial charge in [0.1, 0.15) is 29.9 Å². The Morgan fingerprint density at radius 2 is 1.43 bits per heavy atom. The Morgan fingerprint density at radius 1 is 0.779 bits per heavy atom. The number of nitrogens with one attached hydrogen (secondary N) is 3. The highest BCUT2D eigenvalue weighted by Crippen LogP contribution is 2.36. The summed E-state index contributed by atoms with van der Waals surface area (Å²) < 4.78 is 33.9. The molecule has 466 valence electrons. The second-order valence-corrected chi connectivity index (χ2v) is 21.9. The summed E-state index contributed by atoms with van der Waals surface area (Å²) in [5.74, 6) is 7.75. The molecule has 1 aliphatic carbocycles. The number of hydrogen-bond acceptors (Lipinski definition) is 18. The van der Waals surface area contributed by atoms with Crippen molar-refractivity contribution in [1.29, 1.82) is 0 Å². The molecule has 7 rings (SSSR count). The number of nitrogens with two attached hydrogens (primary N) is 1. The summed E-state index contributed by atoms with van der Waals surface area (Å²) in [6, 6.07) is 29.9. The number of nitrogens with zero attached hydrogens (tertiary/aromatic N) is 7. The largest absolute Gasteiger partial charge is 0.497 e. The first-order chi connectivity index (χ1) is 41.9. The Hall–Kier alpha value is -7.47. The fourth-order valence-electron chi connectivity index (χ4n) is 9.08. The van der Waals surface area contributed by atoms with E-state index in [9.17, 15) is 19.2 Å². The molecule has 1 aromatic heterocycles. The molecule has 0 bridgehead atoms. The van der Waals surface area contributed by atoms with Crippen molar-refractivity contribution in [2.75, 3.05) is 138 Å². The summed E-state index contributed by atoms with van der Waals surface area (Å²) in [4.78, 5) is 67.3. The van der Waals surface area contributed by atoms with Gasteiger partial charge in [-0.2, -0.15) is 5.10 Å². The van der Waals surface area contributed by atoms with Crippen LogP contribution in [0.4, 0.5) is 10.8 Å². The van der Waals surface area contributed by atoms with Crippen LogP contribution < -0.4 is 36.0 Å². The molecular weight excluding hydrogens is 1110 g/mol. The maximum absolute atomic E-state index is 14.0. The summed E-state index contributed by atoms with van der Waals surface area (Å²) in [5.41, 5.74) is 6.11. The number of piperazine rings is 1. The second-order valence-electron chi connectivity index (χ2n) is 21.0. The third-order valence-electron chi connectivity index (χ3n) is 14.3. The molecular formula is C64H89N11O10S. The van der Waals surface area contributed by atoms with Crippen LogP contribution in [0.2, 0.25) is 0 Å². The van der Waals surface area contributed by atoms with Gasteiger partial charge in [0, 0.05) is 82.5 Å². The van der Waals surface area contributed by atoms with Crippen LogP contribution in [0.3, 0.4) is 0 Å². The molecule has 22 heteroatoms. The number of rotatable bonds is 38. The molecule has 1 atom stereocenters. The lowest BCUT2D eigenvalue weighted by Crippen LogP contribution is -2.47. The number of methoxy groups -OCH3 is 1. The highest BCUT2D eigenvalue weighted by molar-refractivity contribution is 7.13. The van der Waals surface area contributed by atoms with E-state index in [0.717, 1.165) is 110 Å². The minimum absolute atomic E-state index is 0.0227. The molecule has 4 amide bonds. The number of aliphatic imine (C=N–C) groups is 1. The van der Waals surface area contributed by atoms with Crippen molar-refractivity contribution in [3.63, 3.8) is 0 Å². The molecule has 5 N–H and O–H groups in total. The molecule has 1 saturated carbocycles. The van der Waals surface area contributed by atoms with Crippen molar-refractivity contribution >= 4 is 58.2 Å². The summed E-state index contributed by atoms with van der Waals surface area (Å²) in [6.45, 7) is 12.1. The zero-order valence-electron chi connectivity index (χ0n) is 50.8. The van der Waals surface area contributed by atoms with E-state index in [1.165, 1.54) is 11.3 Å². The van der Waals surface area contributed by atoms with Crippen LogP contribution in [-0.4, -0.2) is 194 Å². The lowest BCUT2D eigenvalue weighted by Gasteiger charge is -2.32. The molecule has 4 aromatic carbocycles. The van der Waals surface area contributed by atoms with Gasteiger partial charge in [-0.1, -0.05) is 54.1 Å². The number of benzene rings is 4. The van der Waals surface area contributed by atoms with Gasteiger partial charge in [-0.3, -0.25) is 24.2 Å². The Bertz CT molecular complexity index is 2810. The van der Waals surface area contributed by atoms with Gasteiger partial charge >= 0.3 is 0 Å². The van der Waals surface area contributed by atoms with E-state index >= 15 is 0 Å². The second kappa shape index (κ2) is 38.6. The van der Waals surface area contributed by atoms with E-state index in [4.69, 9.17) is 34.3 Å². The average molecular weight is 1200 g/mol. The van der Waals surface area contributed by atoms with Gasteiger partial charge in [0.05, 0.1) is 77.7 Å². The van der Waals surface area contributed by atoms with Crippen LogP contribution in [0.25, 0.3) is 0 Å². The van der Waals surface area contributed by atoms with Gasteiger partial charge in [-0.15, -0.1) is 11.3 Å². The summed E-state index contributed by atoms with van der Waals surface area (Å²) in [7, 11) is 7.63. The maximum atomic E-state index is 14.0. The van der Waals surface area contributed by atoms with E-state index < -0.39 is 6.04 Å². The standard InChI is InChI=1S/C53H71N7O9.C11H18N4OS/c1-41-6-13-44(14-7-41)52(53(63)56-38-43-10-19-48(64-3)20-11-43)60(47-17-18-47)51(62)25-12-42-8-21-49(22-9-42)68-30-5-4-28-59(2)29-33-67-35-34-65-31-26-46(58-54)39-55-27-32-66-36-37-69-50-23-15-45(16-24-50)57-40-61;1-12-11-13-9(8-17-11)7-10(16)15-5-3-14(2)4-6-15/h6-11,13-16,19-24,39-40,47,52H,4-5,12,17-18,25-38,54H2,1-3H3,(H,56,63)(H,57,61);8H,3-7H2,1-2H3,(H,12,13)/b55-39?,58-46-;. The molecule has 0 radical (unpaired) electrons. The van der Waals surface area contributed by atoms with Gasteiger partial charge in [-0.05, 0) is 125 Å². The number of carbonyl (C=O) groups excluding carboxylic acids is 4. The van der Waals surface area contributed by atoms with Gasteiger partial charge in [-0.25, -0.2) is 4.98 Å². The first-order valence-electron chi connectivity index (χ1n) is 29.6. The normalized spacial score (nSPS) is 13.8. The van der Waals surface area contributed by atoms with Crippen LogP contribution in [-0.2, 0) is 52.8 Å². The minimum atomic E-state index is -0.710. The lowest BCUT2D eigenvalue weighted by molar-refractivity contribution is -0.141. The Balaban J connectivity index is 0.000000592. The maximum Gasteiger partial charge on any atom is 0.247 e. The van der Waals surface area contributed by atoms with Crippen molar-refractivity contribution in [1.82, 2.24) is 29.9 Å². The van der Waals surface area contributed by atoms with Crippen LogP contribution in [0.5, 0.6) is 17.2 Å². The molecule has 2 heterocycles. The number of likely N-dealkylation sites (N-methyl/N-ethyl adjacent to an activating group) is 2. The van der Waals surface area contributed by atoms with E-state index in [1.54, 1.807) is 37.6 Å². The predicted molar refractivity (Wildman–Crippen MR) is 339 cm³/mol.